The Morgan fingerprint density at radius 2 is 1.72 bits per heavy atom. The average molecular weight is 496 g/mol. The predicted octanol–water partition coefficient (Wildman–Crippen LogP) is 3.25. The number of amides is 2. The van der Waals surface area contributed by atoms with Crippen molar-refractivity contribution in [3.63, 3.8) is 0 Å². The Labute approximate surface area is 212 Å². The van der Waals surface area contributed by atoms with E-state index in [2.05, 4.69) is 15.1 Å². The summed E-state index contributed by atoms with van der Waals surface area (Å²) < 4.78 is 11.7. The van der Waals surface area contributed by atoms with Crippen molar-refractivity contribution >= 4 is 11.8 Å². The van der Waals surface area contributed by atoms with Crippen LogP contribution in [-0.4, -0.2) is 82.6 Å². The van der Waals surface area contributed by atoms with Crippen molar-refractivity contribution in [2.45, 2.75) is 57.9 Å². The van der Waals surface area contributed by atoms with Gasteiger partial charge in [-0.1, -0.05) is 32.0 Å². The molecule has 3 fully saturated rings. The fraction of sp³-hybridized carbons (Fsp3) is 0.630. The van der Waals surface area contributed by atoms with Gasteiger partial charge in [-0.3, -0.25) is 14.5 Å². The van der Waals surface area contributed by atoms with Crippen molar-refractivity contribution in [1.29, 1.82) is 0 Å². The number of hydrogen-bond acceptors (Lipinski definition) is 7. The first kappa shape index (κ1) is 24.7. The molecule has 0 radical (unpaired) electrons. The van der Waals surface area contributed by atoms with Gasteiger partial charge in [0.05, 0.1) is 12.6 Å². The summed E-state index contributed by atoms with van der Waals surface area (Å²) in [4.78, 5) is 32.0. The Kier molecular flexibility index (Phi) is 7.27. The normalized spacial score (nSPS) is 22.0. The van der Waals surface area contributed by atoms with Crippen LogP contribution in [0.2, 0.25) is 0 Å². The monoisotopic (exact) mass is 495 g/mol. The highest BCUT2D eigenvalue weighted by Crippen LogP contribution is 2.48. The molecule has 3 aliphatic heterocycles. The quantitative estimate of drug-likeness (QED) is 0.582. The largest absolute Gasteiger partial charge is 0.484 e. The highest BCUT2D eigenvalue weighted by molar-refractivity contribution is 5.79. The van der Waals surface area contributed by atoms with Gasteiger partial charge >= 0.3 is 0 Å². The molecule has 36 heavy (non-hydrogen) atoms. The van der Waals surface area contributed by atoms with Crippen LogP contribution in [0.5, 0.6) is 5.75 Å². The van der Waals surface area contributed by atoms with Gasteiger partial charge in [0.1, 0.15) is 5.75 Å². The van der Waals surface area contributed by atoms with Gasteiger partial charge in [-0.05, 0) is 49.7 Å². The molecule has 0 bridgehead atoms. The van der Waals surface area contributed by atoms with E-state index in [1.54, 1.807) is 0 Å². The zero-order valence-corrected chi connectivity index (χ0v) is 21.4. The van der Waals surface area contributed by atoms with Gasteiger partial charge in [-0.15, -0.1) is 10.2 Å². The number of para-hydroxylation sites is 1. The average Bonchev–Trinajstić information content (AvgIpc) is 3.64. The molecule has 0 saturated carbocycles. The van der Waals surface area contributed by atoms with Crippen molar-refractivity contribution in [3.05, 3.63) is 42.1 Å². The number of benzene rings is 1. The molecule has 0 aliphatic carbocycles. The molecular formula is C27H37N5O4. The molecule has 1 unspecified atom stereocenters. The van der Waals surface area contributed by atoms with E-state index in [1.807, 2.05) is 54.0 Å². The van der Waals surface area contributed by atoms with Crippen LogP contribution in [0.15, 0.2) is 34.7 Å². The van der Waals surface area contributed by atoms with Gasteiger partial charge in [-0.2, -0.15) is 0 Å². The van der Waals surface area contributed by atoms with Crippen LogP contribution in [0.1, 0.15) is 69.7 Å². The van der Waals surface area contributed by atoms with Crippen molar-refractivity contribution in [2.75, 3.05) is 45.9 Å². The van der Waals surface area contributed by atoms with Gasteiger partial charge in [0.25, 0.3) is 5.91 Å². The lowest BCUT2D eigenvalue weighted by Crippen LogP contribution is -2.46. The van der Waals surface area contributed by atoms with Crippen LogP contribution in [-0.2, 0) is 9.59 Å². The molecule has 3 aliphatic rings. The highest BCUT2D eigenvalue weighted by Gasteiger charge is 2.49. The summed E-state index contributed by atoms with van der Waals surface area (Å²) in [5, 5.41) is 8.64. The Morgan fingerprint density at radius 3 is 2.39 bits per heavy atom. The number of nitrogens with zero attached hydrogens (tertiary/aromatic N) is 5. The van der Waals surface area contributed by atoms with Gasteiger partial charge in [0.2, 0.25) is 17.7 Å². The minimum Gasteiger partial charge on any atom is -0.484 e. The minimum atomic E-state index is -0.0692. The van der Waals surface area contributed by atoms with Crippen LogP contribution >= 0.6 is 0 Å². The molecule has 2 aromatic rings. The summed E-state index contributed by atoms with van der Waals surface area (Å²) in [5.74, 6) is 2.31. The number of rotatable bonds is 7. The minimum absolute atomic E-state index is 0.0165. The topological polar surface area (TPSA) is 92.0 Å². The molecule has 1 spiro atoms. The van der Waals surface area contributed by atoms with E-state index in [0.29, 0.717) is 37.2 Å². The van der Waals surface area contributed by atoms with E-state index < -0.39 is 0 Å². The molecule has 5 rings (SSSR count). The van der Waals surface area contributed by atoms with Crippen molar-refractivity contribution in [2.24, 2.45) is 5.41 Å². The lowest BCUT2D eigenvalue weighted by Gasteiger charge is -2.39. The van der Waals surface area contributed by atoms with Gasteiger partial charge in [0, 0.05) is 38.6 Å². The van der Waals surface area contributed by atoms with Crippen LogP contribution in [0.4, 0.5) is 0 Å². The summed E-state index contributed by atoms with van der Waals surface area (Å²) in [6, 6.07) is 9.37. The summed E-state index contributed by atoms with van der Waals surface area (Å²) in [5.41, 5.74) is 0.0273. The Bertz CT molecular complexity index is 1040. The number of carbonyl (C=O) groups is 2. The van der Waals surface area contributed by atoms with E-state index in [4.69, 9.17) is 9.15 Å². The van der Waals surface area contributed by atoms with Crippen molar-refractivity contribution in [1.82, 2.24) is 24.9 Å². The second kappa shape index (κ2) is 10.6. The first-order valence-corrected chi connectivity index (χ1v) is 13.2. The summed E-state index contributed by atoms with van der Waals surface area (Å²) in [6.07, 6.45) is 4.81. The molecular weight excluding hydrogens is 458 g/mol. The molecule has 1 aromatic heterocycles. The smallest absolute Gasteiger partial charge is 0.260 e. The van der Waals surface area contributed by atoms with Crippen LogP contribution < -0.4 is 4.74 Å². The summed E-state index contributed by atoms with van der Waals surface area (Å²) >= 11 is 0. The first-order chi connectivity index (χ1) is 17.4. The number of hydrogen-bond donors (Lipinski definition) is 0. The maximum atomic E-state index is 13.0. The number of likely N-dealkylation sites (tertiary alicyclic amines) is 3. The van der Waals surface area contributed by atoms with Crippen molar-refractivity contribution in [3.8, 4) is 5.75 Å². The number of aromatic nitrogens is 2. The first-order valence-electron chi connectivity index (χ1n) is 13.2. The summed E-state index contributed by atoms with van der Waals surface area (Å²) in [6.45, 7) is 8.39. The van der Waals surface area contributed by atoms with E-state index in [-0.39, 0.29) is 35.8 Å². The van der Waals surface area contributed by atoms with Crippen LogP contribution in [0.3, 0.4) is 0 Å². The molecule has 194 valence electrons. The molecule has 1 aromatic carbocycles. The van der Waals surface area contributed by atoms with E-state index in [0.717, 1.165) is 51.7 Å². The van der Waals surface area contributed by atoms with Crippen LogP contribution in [0, 0.1) is 5.41 Å². The van der Waals surface area contributed by atoms with Gasteiger partial charge in [-0.25, -0.2) is 0 Å². The maximum Gasteiger partial charge on any atom is 0.260 e. The second-order valence-corrected chi connectivity index (χ2v) is 10.8. The zero-order chi connectivity index (χ0) is 25.1. The Hall–Kier alpha value is -2.94. The third kappa shape index (κ3) is 5.40. The molecule has 9 nitrogen and oxygen atoms in total. The Morgan fingerprint density at radius 1 is 1.03 bits per heavy atom. The third-order valence-corrected chi connectivity index (χ3v) is 7.92. The SMILES string of the molecule is CC(C)c1nnc(C2CC3(CCN(C(=O)COc4ccccc4)CC3)CN2CC(=O)N2CCCC2)o1. The maximum absolute atomic E-state index is 13.0. The van der Waals surface area contributed by atoms with E-state index in [1.165, 1.54) is 0 Å². The Balaban J connectivity index is 1.24. The summed E-state index contributed by atoms with van der Waals surface area (Å²) in [7, 11) is 0. The number of ether oxygens (including phenoxy) is 1. The van der Waals surface area contributed by atoms with Crippen LogP contribution in [0.25, 0.3) is 0 Å². The molecule has 2 amide bonds. The third-order valence-electron chi connectivity index (χ3n) is 7.92. The fourth-order valence-corrected chi connectivity index (χ4v) is 5.75. The van der Waals surface area contributed by atoms with Crippen molar-refractivity contribution < 1.29 is 18.7 Å². The molecule has 4 heterocycles. The van der Waals surface area contributed by atoms with E-state index in [9.17, 15) is 9.59 Å². The predicted molar refractivity (Wildman–Crippen MR) is 133 cm³/mol. The molecule has 1 atom stereocenters. The number of piperidine rings is 1. The molecule has 3 saturated heterocycles. The molecule has 9 heteroatoms. The van der Waals surface area contributed by atoms with E-state index >= 15 is 0 Å². The fourth-order valence-electron chi connectivity index (χ4n) is 5.75. The zero-order valence-electron chi connectivity index (χ0n) is 21.4. The highest BCUT2D eigenvalue weighted by atomic mass is 16.5. The van der Waals surface area contributed by atoms with Gasteiger partial charge < -0.3 is 19.0 Å². The van der Waals surface area contributed by atoms with Gasteiger partial charge in [0.15, 0.2) is 6.61 Å². The number of carbonyl (C=O) groups excluding carboxylic acids is 2. The lowest BCUT2D eigenvalue weighted by atomic mass is 9.76. The molecule has 0 N–H and O–H groups in total. The standard InChI is InChI=1S/C27H37N5O4/c1-20(2)25-28-29-26(36-25)22-16-27(19-32(22)17-23(33)30-12-6-7-13-30)10-14-31(15-11-27)24(34)18-35-21-8-4-3-5-9-21/h3-5,8-9,20,22H,6-7,10-19H2,1-2H3. The lowest BCUT2D eigenvalue weighted by molar-refractivity contribution is -0.135. The second-order valence-electron chi connectivity index (χ2n) is 10.8.